The molecule has 1 aliphatic heterocycles. The molecule has 1 N–H and O–H groups in total. The summed E-state index contributed by atoms with van der Waals surface area (Å²) in [6.07, 6.45) is 1.51. The Labute approximate surface area is 78.6 Å². The van der Waals surface area contributed by atoms with Crippen LogP contribution in [0.4, 0.5) is 0 Å². The van der Waals surface area contributed by atoms with Crippen molar-refractivity contribution in [1.82, 2.24) is 5.32 Å². The van der Waals surface area contributed by atoms with Gasteiger partial charge in [0.1, 0.15) is 0 Å². The highest BCUT2D eigenvalue weighted by molar-refractivity contribution is 5.47. The number of hydrogen-bond acceptors (Lipinski definition) is 3. The van der Waals surface area contributed by atoms with Gasteiger partial charge in [-0.3, -0.25) is 4.79 Å². The quantitative estimate of drug-likeness (QED) is 0.647. The molecule has 0 spiro atoms. The summed E-state index contributed by atoms with van der Waals surface area (Å²) < 4.78 is 10.9. The number of ether oxygens (including phenoxy) is 2. The number of rotatable bonds is 3. The van der Waals surface area contributed by atoms with Gasteiger partial charge in [0.25, 0.3) is 0 Å². The summed E-state index contributed by atoms with van der Waals surface area (Å²) >= 11 is 0. The van der Waals surface area contributed by atoms with E-state index in [1.807, 2.05) is 13.8 Å². The van der Waals surface area contributed by atoms with Gasteiger partial charge in [-0.2, -0.15) is 0 Å². The fourth-order valence-corrected chi connectivity index (χ4v) is 1.81. The second-order valence-electron chi connectivity index (χ2n) is 3.60. The van der Waals surface area contributed by atoms with Crippen LogP contribution in [0.1, 0.15) is 20.3 Å². The van der Waals surface area contributed by atoms with Crippen molar-refractivity contribution in [2.45, 2.75) is 38.0 Å². The van der Waals surface area contributed by atoms with Crippen LogP contribution in [-0.2, 0) is 14.3 Å². The van der Waals surface area contributed by atoms with Crippen LogP contribution in [0.15, 0.2) is 0 Å². The van der Waals surface area contributed by atoms with Crippen LogP contribution in [0.25, 0.3) is 0 Å². The third kappa shape index (κ3) is 2.00. The summed E-state index contributed by atoms with van der Waals surface area (Å²) in [5.41, 5.74) is -0.307. The van der Waals surface area contributed by atoms with Gasteiger partial charge in [0.05, 0.1) is 17.7 Å². The molecule has 1 rings (SSSR count). The van der Waals surface area contributed by atoms with Crippen LogP contribution in [0.2, 0.25) is 0 Å². The average Bonchev–Trinajstić information content (AvgIpc) is 2.12. The zero-order valence-electron chi connectivity index (χ0n) is 8.37. The minimum absolute atomic E-state index is 0.00361. The summed E-state index contributed by atoms with van der Waals surface area (Å²) in [7, 11) is 1.66. The van der Waals surface area contributed by atoms with Crippen molar-refractivity contribution in [2.75, 3.05) is 13.7 Å². The minimum Gasteiger partial charge on any atom is -0.376 e. The molecule has 0 bridgehead atoms. The van der Waals surface area contributed by atoms with E-state index < -0.39 is 0 Å². The van der Waals surface area contributed by atoms with Gasteiger partial charge in [0, 0.05) is 20.1 Å². The second kappa shape index (κ2) is 4.07. The summed E-state index contributed by atoms with van der Waals surface area (Å²) in [4.78, 5) is 10.4. The zero-order valence-corrected chi connectivity index (χ0v) is 8.37. The molecular formula is C9H17NO3. The number of carbonyl (C=O) groups excluding carboxylic acids is 1. The fourth-order valence-electron chi connectivity index (χ4n) is 1.81. The Morgan fingerprint density at radius 1 is 1.69 bits per heavy atom. The van der Waals surface area contributed by atoms with Crippen LogP contribution >= 0.6 is 0 Å². The highest BCUT2D eigenvalue weighted by atomic mass is 16.5. The molecule has 1 heterocycles. The molecule has 0 saturated carbocycles. The van der Waals surface area contributed by atoms with Gasteiger partial charge in [0.15, 0.2) is 0 Å². The normalized spacial score (nSPS) is 39.9. The molecule has 3 atom stereocenters. The second-order valence-corrected chi connectivity index (χ2v) is 3.60. The Hall–Kier alpha value is -0.610. The van der Waals surface area contributed by atoms with E-state index in [2.05, 4.69) is 5.32 Å². The number of carbonyl (C=O) groups is 1. The lowest BCUT2D eigenvalue weighted by Gasteiger charge is -2.43. The van der Waals surface area contributed by atoms with Crippen molar-refractivity contribution in [3.63, 3.8) is 0 Å². The third-order valence-electron chi connectivity index (χ3n) is 2.82. The van der Waals surface area contributed by atoms with E-state index in [-0.39, 0.29) is 17.7 Å². The van der Waals surface area contributed by atoms with Crippen molar-refractivity contribution in [2.24, 2.45) is 0 Å². The van der Waals surface area contributed by atoms with Crippen LogP contribution in [-0.4, -0.2) is 37.9 Å². The molecule has 1 amide bonds. The van der Waals surface area contributed by atoms with Crippen molar-refractivity contribution in [3.8, 4) is 0 Å². The van der Waals surface area contributed by atoms with Crippen LogP contribution in [0.3, 0.4) is 0 Å². The van der Waals surface area contributed by atoms with Crippen LogP contribution in [0.5, 0.6) is 0 Å². The largest absolute Gasteiger partial charge is 0.376 e. The van der Waals surface area contributed by atoms with Gasteiger partial charge in [-0.05, 0) is 13.8 Å². The first-order valence-electron chi connectivity index (χ1n) is 4.50. The molecule has 0 aliphatic carbocycles. The van der Waals surface area contributed by atoms with E-state index in [9.17, 15) is 4.79 Å². The monoisotopic (exact) mass is 187 g/mol. The van der Waals surface area contributed by atoms with Crippen LogP contribution in [0, 0.1) is 0 Å². The molecule has 0 unspecified atom stereocenters. The summed E-state index contributed by atoms with van der Waals surface area (Å²) in [6.45, 7) is 4.62. The Kier molecular flexibility index (Phi) is 3.27. The lowest BCUT2D eigenvalue weighted by molar-refractivity contribution is -0.140. The smallest absolute Gasteiger partial charge is 0.207 e. The molecule has 1 aliphatic rings. The molecule has 0 aromatic rings. The van der Waals surface area contributed by atoms with Crippen molar-refractivity contribution >= 4 is 6.41 Å². The lowest BCUT2D eigenvalue weighted by Crippen LogP contribution is -2.59. The zero-order chi connectivity index (χ0) is 9.90. The number of nitrogens with one attached hydrogen (secondary N) is 1. The molecule has 4 heteroatoms. The van der Waals surface area contributed by atoms with E-state index in [4.69, 9.17) is 9.47 Å². The predicted molar refractivity (Wildman–Crippen MR) is 48.4 cm³/mol. The maximum absolute atomic E-state index is 10.4. The van der Waals surface area contributed by atoms with Gasteiger partial charge in [0.2, 0.25) is 6.41 Å². The van der Waals surface area contributed by atoms with E-state index in [0.29, 0.717) is 13.0 Å². The highest BCUT2D eigenvalue weighted by Crippen LogP contribution is 2.27. The van der Waals surface area contributed by atoms with Gasteiger partial charge in [-0.1, -0.05) is 0 Å². The first kappa shape index (κ1) is 10.5. The minimum atomic E-state index is -0.307. The molecule has 0 aromatic heterocycles. The predicted octanol–water partition coefficient (Wildman–Crippen LogP) is 0.315. The number of amides is 1. The number of hydrogen-bond donors (Lipinski definition) is 1. The van der Waals surface area contributed by atoms with Gasteiger partial charge in [-0.15, -0.1) is 0 Å². The first-order chi connectivity index (χ1) is 6.14. The molecule has 1 fully saturated rings. The summed E-state index contributed by atoms with van der Waals surface area (Å²) in [5.74, 6) is 0. The molecule has 13 heavy (non-hydrogen) atoms. The lowest BCUT2D eigenvalue weighted by atomic mass is 9.87. The number of methoxy groups -OCH3 is 1. The summed E-state index contributed by atoms with van der Waals surface area (Å²) in [5, 5.41) is 2.75. The molecule has 0 aromatic carbocycles. The maximum atomic E-state index is 10.4. The van der Waals surface area contributed by atoms with Crippen LogP contribution < -0.4 is 5.32 Å². The van der Waals surface area contributed by atoms with Gasteiger partial charge < -0.3 is 14.8 Å². The summed E-state index contributed by atoms with van der Waals surface area (Å²) in [6, 6.07) is -0.0660. The van der Waals surface area contributed by atoms with E-state index in [0.717, 1.165) is 6.42 Å². The highest BCUT2D eigenvalue weighted by Gasteiger charge is 2.41. The van der Waals surface area contributed by atoms with Gasteiger partial charge >= 0.3 is 0 Å². The average molecular weight is 187 g/mol. The van der Waals surface area contributed by atoms with Crippen molar-refractivity contribution in [1.29, 1.82) is 0 Å². The molecular weight excluding hydrogens is 170 g/mol. The molecule has 4 nitrogen and oxygen atoms in total. The molecule has 76 valence electrons. The first-order valence-corrected chi connectivity index (χ1v) is 4.50. The fraction of sp³-hybridized carbons (Fsp3) is 0.889. The third-order valence-corrected chi connectivity index (χ3v) is 2.82. The maximum Gasteiger partial charge on any atom is 0.207 e. The Balaban J connectivity index is 2.73. The van der Waals surface area contributed by atoms with Crippen molar-refractivity contribution < 1.29 is 14.3 Å². The SMILES string of the molecule is CO[C@]1(C)CCO[C@@H](C)[C@@H]1NC=O. The Morgan fingerprint density at radius 2 is 2.38 bits per heavy atom. The van der Waals surface area contributed by atoms with E-state index in [1.54, 1.807) is 7.11 Å². The van der Waals surface area contributed by atoms with Crippen molar-refractivity contribution in [3.05, 3.63) is 0 Å². The topological polar surface area (TPSA) is 47.6 Å². The Bertz CT molecular complexity index is 186. The standard InChI is InChI=1S/C9H17NO3/c1-7-8(10-6-11)9(2,12-3)4-5-13-7/h6-8H,4-5H2,1-3H3,(H,10,11)/t7-,8-,9+/m0/s1. The van der Waals surface area contributed by atoms with E-state index >= 15 is 0 Å². The molecule has 0 radical (unpaired) electrons. The van der Waals surface area contributed by atoms with Gasteiger partial charge in [-0.25, -0.2) is 0 Å². The van der Waals surface area contributed by atoms with E-state index in [1.165, 1.54) is 0 Å². The molecule has 1 saturated heterocycles. The Morgan fingerprint density at radius 3 is 2.92 bits per heavy atom.